The fraction of sp³-hybridized carbons (Fsp3) is 0.467. The number of nitrogens with one attached hydrogen (secondary N) is 1. The predicted octanol–water partition coefficient (Wildman–Crippen LogP) is 1.81. The maximum Gasteiger partial charge on any atom is 0.214 e. The smallest absolute Gasteiger partial charge is 0.214 e. The van der Waals surface area contributed by atoms with E-state index >= 15 is 0 Å². The number of hydrogen-bond acceptors (Lipinski definition) is 3. The van der Waals surface area contributed by atoms with E-state index in [1.54, 1.807) is 20.8 Å². The minimum Gasteiger partial charge on any atom is -0.395 e. The lowest BCUT2D eigenvalue weighted by molar-refractivity contribution is 0.305. The first-order valence-electron chi connectivity index (χ1n) is 6.57. The highest BCUT2D eigenvalue weighted by Crippen LogP contribution is 2.16. The summed E-state index contributed by atoms with van der Waals surface area (Å²) < 4.78 is 26.3. The maximum atomic E-state index is 11.8. The second kappa shape index (κ2) is 7.44. The van der Waals surface area contributed by atoms with E-state index in [1.807, 2.05) is 24.3 Å². The fourth-order valence-corrected chi connectivity index (χ4v) is 2.46. The van der Waals surface area contributed by atoms with E-state index in [9.17, 15) is 8.42 Å². The van der Waals surface area contributed by atoms with Crippen LogP contribution in [0.1, 0.15) is 44.4 Å². The summed E-state index contributed by atoms with van der Waals surface area (Å²) in [5.74, 6) is 5.78. The Labute approximate surface area is 121 Å². The van der Waals surface area contributed by atoms with Gasteiger partial charge in [-0.15, -0.1) is 0 Å². The zero-order chi connectivity index (χ0) is 15.2. The van der Waals surface area contributed by atoms with Crippen molar-refractivity contribution in [3.63, 3.8) is 0 Å². The average molecular weight is 295 g/mol. The number of rotatable bonds is 5. The summed E-state index contributed by atoms with van der Waals surface area (Å²) in [5, 5.41) is 8.23. The third kappa shape index (κ3) is 4.97. The molecule has 0 radical (unpaired) electrons. The highest BCUT2D eigenvalue weighted by Gasteiger charge is 2.19. The molecule has 2 N–H and O–H groups in total. The van der Waals surface area contributed by atoms with Crippen molar-refractivity contribution in [1.29, 1.82) is 0 Å². The van der Waals surface area contributed by atoms with Crippen LogP contribution in [0.15, 0.2) is 24.3 Å². The summed E-state index contributed by atoms with van der Waals surface area (Å²) in [6, 6.07) is 7.13. The van der Waals surface area contributed by atoms with Crippen molar-refractivity contribution in [3.05, 3.63) is 35.4 Å². The van der Waals surface area contributed by atoms with Crippen LogP contribution in [0.5, 0.6) is 0 Å². The van der Waals surface area contributed by atoms with Gasteiger partial charge in [-0.2, -0.15) is 0 Å². The lowest BCUT2D eigenvalue weighted by Gasteiger charge is -2.16. The molecule has 0 heterocycles. The summed E-state index contributed by atoms with van der Waals surface area (Å²) >= 11 is 0. The quantitative estimate of drug-likeness (QED) is 0.814. The van der Waals surface area contributed by atoms with E-state index in [2.05, 4.69) is 16.6 Å². The SMILES string of the molecule is CC(NS(=O)(=O)C(C)C)c1cccc(C#CCCO)c1. The molecule has 20 heavy (non-hydrogen) atoms. The first-order valence-corrected chi connectivity index (χ1v) is 8.12. The van der Waals surface area contributed by atoms with Crippen molar-refractivity contribution in [3.8, 4) is 11.8 Å². The lowest BCUT2D eigenvalue weighted by Crippen LogP contribution is -2.32. The molecule has 0 aliphatic heterocycles. The van der Waals surface area contributed by atoms with Gasteiger partial charge in [-0.1, -0.05) is 24.0 Å². The Balaban J connectivity index is 2.87. The molecule has 0 aromatic heterocycles. The van der Waals surface area contributed by atoms with E-state index in [1.165, 1.54) is 0 Å². The Morgan fingerprint density at radius 2 is 2.00 bits per heavy atom. The van der Waals surface area contributed by atoms with Gasteiger partial charge in [0, 0.05) is 18.0 Å². The molecule has 1 atom stereocenters. The van der Waals surface area contributed by atoms with Gasteiger partial charge in [-0.3, -0.25) is 0 Å². The van der Waals surface area contributed by atoms with Gasteiger partial charge in [-0.05, 0) is 38.5 Å². The van der Waals surface area contributed by atoms with Crippen LogP contribution in [0.4, 0.5) is 0 Å². The second-order valence-corrected chi connectivity index (χ2v) is 7.10. The molecule has 1 aromatic rings. The van der Waals surface area contributed by atoms with Crippen molar-refractivity contribution in [2.75, 3.05) is 6.61 Å². The van der Waals surface area contributed by atoms with E-state index < -0.39 is 15.3 Å². The molecule has 0 fully saturated rings. The molecular formula is C15H21NO3S. The molecule has 0 bridgehead atoms. The second-order valence-electron chi connectivity index (χ2n) is 4.83. The largest absolute Gasteiger partial charge is 0.395 e. The number of hydrogen-bond donors (Lipinski definition) is 2. The fourth-order valence-electron chi connectivity index (χ4n) is 1.56. The zero-order valence-electron chi connectivity index (χ0n) is 12.1. The molecule has 0 spiro atoms. The summed E-state index contributed by atoms with van der Waals surface area (Å²) in [7, 11) is -3.30. The minimum atomic E-state index is -3.30. The van der Waals surface area contributed by atoms with Crippen LogP contribution in [0, 0.1) is 11.8 Å². The normalized spacial score (nSPS) is 12.8. The van der Waals surface area contributed by atoms with E-state index in [-0.39, 0.29) is 12.6 Å². The Hall–Kier alpha value is -1.35. The third-order valence-electron chi connectivity index (χ3n) is 2.82. The van der Waals surface area contributed by atoms with Crippen LogP contribution in [0.3, 0.4) is 0 Å². The van der Waals surface area contributed by atoms with Gasteiger partial charge in [0.15, 0.2) is 0 Å². The molecule has 110 valence electrons. The van der Waals surface area contributed by atoms with Crippen LogP contribution < -0.4 is 4.72 Å². The van der Waals surface area contributed by atoms with Crippen LogP contribution >= 0.6 is 0 Å². The third-order valence-corrected chi connectivity index (χ3v) is 4.74. The zero-order valence-corrected chi connectivity index (χ0v) is 12.9. The van der Waals surface area contributed by atoms with Gasteiger partial charge < -0.3 is 5.11 Å². The standard InChI is InChI=1S/C15H21NO3S/c1-12(2)20(18,19)16-13(3)15-9-6-8-14(11-15)7-4-5-10-17/h6,8-9,11-13,16-17H,5,10H2,1-3H3. The highest BCUT2D eigenvalue weighted by molar-refractivity contribution is 7.90. The van der Waals surface area contributed by atoms with Gasteiger partial charge in [-0.25, -0.2) is 13.1 Å². The minimum absolute atomic E-state index is 0.0390. The Kier molecular flexibility index (Phi) is 6.21. The molecule has 5 heteroatoms. The van der Waals surface area contributed by atoms with Gasteiger partial charge in [0.05, 0.1) is 11.9 Å². The van der Waals surface area contributed by atoms with E-state index in [0.717, 1.165) is 11.1 Å². The topological polar surface area (TPSA) is 66.4 Å². The van der Waals surface area contributed by atoms with Crippen molar-refractivity contribution in [2.45, 2.75) is 38.5 Å². The first-order chi connectivity index (χ1) is 9.36. The average Bonchev–Trinajstić information content (AvgIpc) is 2.38. The summed E-state index contributed by atoms with van der Waals surface area (Å²) in [4.78, 5) is 0. The molecule has 1 aromatic carbocycles. The monoisotopic (exact) mass is 295 g/mol. The molecule has 1 rings (SSSR count). The van der Waals surface area contributed by atoms with Crippen LogP contribution in [0.2, 0.25) is 0 Å². The van der Waals surface area contributed by atoms with E-state index in [4.69, 9.17) is 5.11 Å². The van der Waals surface area contributed by atoms with Gasteiger partial charge >= 0.3 is 0 Å². The van der Waals surface area contributed by atoms with Gasteiger partial charge in [0.1, 0.15) is 0 Å². The van der Waals surface area contributed by atoms with Crippen LogP contribution in [0.25, 0.3) is 0 Å². The Bertz CT molecular complexity index is 597. The summed E-state index contributed by atoms with van der Waals surface area (Å²) in [6.07, 6.45) is 0.430. The Morgan fingerprint density at radius 1 is 1.30 bits per heavy atom. The van der Waals surface area contributed by atoms with Gasteiger partial charge in [0.2, 0.25) is 10.0 Å². The van der Waals surface area contributed by atoms with Crippen LogP contribution in [-0.2, 0) is 10.0 Å². The molecule has 1 unspecified atom stereocenters. The van der Waals surface area contributed by atoms with Crippen molar-refractivity contribution >= 4 is 10.0 Å². The number of aliphatic hydroxyl groups is 1. The van der Waals surface area contributed by atoms with E-state index in [0.29, 0.717) is 6.42 Å². The number of aliphatic hydroxyl groups excluding tert-OH is 1. The van der Waals surface area contributed by atoms with Crippen LogP contribution in [-0.4, -0.2) is 25.4 Å². The summed E-state index contributed by atoms with van der Waals surface area (Å²) in [6.45, 7) is 5.13. The van der Waals surface area contributed by atoms with Crippen molar-refractivity contribution < 1.29 is 13.5 Å². The summed E-state index contributed by atoms with van der Waals surface area (Å²) in [5.41, 5.74) is 1.68. The number of benzene rings is 1. The maximum absolute atomic E-state index is 11.8. The molecule has 0 aliphatic rings. The molecular weight excluding hydrogens is 274 g/mol. The molecule has 4 nitrogen and oxygen atoms in total. The molecule has 0 aliphatic carbocycles. The first kappa shape index (κ1) is 16.7. The van der Waals surface area contributed by atoms with Gasteiger partial charge in [0.25, 0.3) is 0 Å². The molecule has 0 amide bonds. The predicted molar refractivity (Wildman–Crippen MR) is 80.6 cm³/mol. The highest BCUT2D eigenvalue weighted by atomic mass is 32.2. The van der Waals surface area contributed by atoms with Crippen molar-refractivity contribution in [2.24, 2.45) is 0 Å². The Morgan fingerprint density at radius 3 is 2.60 bits per heavy atom. The number of sulfonamides is 1. The van der Waals surface area contributed by atoms with Crippen molar-refractivity contribution in [1.82, 2.24) is 4.72 Å². The molecule has 0 saturated heterocycles. The molecule has 0 saturated carbocycles. The lowest BCUT2D eigenvalue weighted by atomic mass is 10.1.